The van der Waals surface area contributed by atoms with Gasteiger partial charge in [-0.05, 0) is 43.4 Å². The second-order valence-electron chi connectivity index (χ2n) is 6.04. The number of piperidine rings is 1. The Morgan fingerprint density at radius 1 is 1.04 bits per heavy atom. The zero-order chi connectivity index (χ0) is 16.2. The fraction of sp³-hybridized carbons (Fsp3) is 0.500. The Labute approximate surface area is 137 Å². The number of rotatable bonds is 4. The average Bonchev–Trinajstić information content (AvgIpc) is 3.44. The molecule has 0 bridgehead atoms. The molecular formula is C18H24N2O3. The van der Waals surface area contributed by atoms with E-state index in [1.807, 2.05) is 23.1 Å². The normalized spacial score (nSPS) is 17.0. The van der Waals surface area contributed by atoms with E-state index in [0.29, 0.717) is 18.0 Å². The van der Waals surface area contributed by atoms with Crippen LogP contribution in [0.5, 0.6) is 11.5 Å². The fourth-order valence-corrected chi connectivity index (χ4v) is 3.03. The van der Waals surface area contributed by atoms with E-state index in [0.717, 1.165) is 31.5 Å². The summed E-state index contributed by atoms with van der Waals surface area (Å²) in [7, 11) is 3.22. The van der Waals surface area contributed by atoms with Crippen molar-refractivity contribution < 1.29 is 14.3 Å². The molecule has 1 saturated heterocycles. The highest BCUT2D eigenvalue weighted by atomic mass is 16.5. The average molecular weight is 316 g/mol. The molecule has 0 unspecified atom stereocenters. The Bertz CT molecular complexity index is 609. The molecule has 2 fully saturated rings. The highest BCUT2D eigenvalue weighted by Crippen LogP contribution is 2.36. The number of nitrogens with one attached hydrogen (secondary N) is 1. The first-order chi connectivity index (χ1) is 11.2. The molecule has 1 N–H and O–H groups in total. The maximum Gasteiger partial charge on any atom is 0.317 e. The van der Waals surface area contributed by atoms with E-state index in [2.05, 4.69) is 5.32 Å². The number of likely N-dealkylation sites (tertiary alicyclic amines) is 1. The van der Waals surface area contributed by atoms with Crippen molar-refractivity contribution in [3.8, 4) is 11.5 Å². The van der Waals surface area contributed by atoms with Crippen LogP contribution in [-0.2, 0) is 6.54 Å². The first-order valence-corrected chi connectivity index (χ1v) is 8.14. The predicted octanol–water partition coefficient (Wildman–Crippen LogP) is 3.10. The summed E-state index contributed by atoms with van der Waals surface area (Å²) in [6.45, 7) is 2.15. The first-order valence-electron chi connectivity index (χ1n) is 8.14. The minimum absolute atomic E-state index is 0.0135. The van der Waals surface area contributed by atoms with Crippen LogP contribution in [0, 0.1) is 0 Å². The number of ether oxygens (including phenoxy) is 2. The minimum Gasteiger partial charge on any atom is -0.493 e. The highest BCUT2D eigenvalue weighted by Gasteiger charge is 2.24. The van der Waals surface area contributed by atoms with E-state index in [-0.39, 0.29) is 6.03 Å². The summed E-state index contributed by atoms with van der Waals surface area (Å²) < 4.78 is 10.5. The molecule has 0 atom stereocenters. The lowest BCUT2D eigenvalue weighted by molar-refractivity contribution is 0.193. The van der Waals surface area contributed by atoms with E-state index in [4.69, 9.17) is 9.47 Å². The van der Waals surface area contributed by atoms with Gasteiger partial charge in [0.15, 0.2) is 11.5 Å². The number of hydrogen-bond donors (Lipinski definition) is 1. The largest absolute Gasteiger partial charge is 0.493 e. The summed E-state index contributed by atoms with van der Waals surface area (Å²) >= 11 is 0. The van der Waals surface area contributed by atoms with E-state index in [1.165, 1.54) is 12.8 Å². The topological polar surface area (TPSA) is 50.8 Å². The van der Waals surface area contributed by atoms with E-state index < -0.39 is 0 Å². The van der Waals surface area contributed by atoms with Crippen LogP contribution in [0.4, 0.5) is 4.79 Å². The van der Waals surface area contributed by atoms with Crippen LogP contribution in [0.2, 0.25) is 0 Å². The Balaban J connectivity index is 1.52. The van der Waals surface area contributed by atoms with Crippen molar-refractivity contribution in [2.45, 2.75) is 32.2 Å². The van der Waals surface area contributed by atoms with Crippen LogP contribution < -0.4 is 14.8 Å². The number of benzene rings is 1. The molecule has 0 radical (unpaired) electrons. The van der Waals surface area contributed by atoms with E-state index >= 15 is 0 Å². The molecule has 5 heteroatoms. The zero-order valence-electron chi connectivity index (χ0n) is 13.9. The molecule has 124 valence electrons. The summed E-state index contributed by atoms with van der Waals surface area (Å²) in [5.74, 6) is 1.37. The number of allylic oxidation sites excluding steroid dienone is 1. The number of urea groups is 1. The van der Waals surface area contributed by atoms with E-state index in [1.54, 1.807) is 25.4 Å². The first kappa shape index (κ1) is 15.7. The van der Waals surface area contributed by atoms with Gasteiger partial charge in [-0.15, -0.1) is 0 Å². The molecule has 1 aliphatic heterocycles. The number of amides is 2. The second-order valence-corrected chi connectivity index (χ2v) is 6.04. The van der Waals surface area contributed by atoms with Gasteiger partial charge in [0.1, 0.15) is 0 Å². The number of nitrogens with zero attached hydrogens (tertiary/aromatic N) is 1. The summed E-state index contributed by atoms with van der Waals surface area (Å²) in [6.07, 6.45) is 4.64. The van der Waals surface area contributed by atoms with Crippen LogP contribution in [0.25, 0.3) is 0 Å². The molecule has 5 nitrogen and oxygen atoms in total. The van der Waals surface area contributed by atoms with Crippen LogP contribution in [0.3, 0.4) is 0 Å². The van der Waals surface area contributed by atoms with Crippen molar-refractivity contribution in [3.05, 3.63) is 34.9 Å². The van der Waals surface area contributed by atoms with Gasteiger partial charge >= 0.3 is 6.03 Å². The maximum atomic E-state index is 12.3. The lowest BCUT2D eigenvalue weighted by atomic mass is 10.0. The van der Waals surface area contributed by atoms with E-state index in [9.17, 15) is 4.79 Å². The third-order valence-electron chi connectivity index (χ3n) is 4.55. The zero-order valence-corrected chi connectivity index (χ0v) is 13.9. The molecule has 1 saturated carbocycles. The Morgan fingerprint density at radius 2 is 1.70 bits per heavy atom. The van der Waals surface area contributed by atoms with Gasteiger partial charge in [-0.25, -0.2) is 4.79 Å². The Hall–Kier alpha value is -2.17. The highest BCUT2D eigenvalue weighted by molar-refractivity contribution is 5.74. The lowest BCUT2D eigenvalue weighted by Gasteiger charge is -2.28. The molecule has 1 aromatic rings. The molecule has 2 aliphatic rings. The molecule has 3 rings (SSSR count). The van der Waals surface area contributed by atoms with Gasteiger partial charge in [-0.1, -0.05) is 17.2 Å². The monoisotopic (exact) mass is 316 g/mol. The standard InChI is InChI=1S/C18H24N2O3/c1-22-16-6-3-13(11-17(16)23-2)12-19-18(21)20-9-7-15(8-10-20)14-4-5-14/h3,6,11H,4-5,7-10,12H2,1-2H3,(H,19,21). The summed E-state index contributed by atoms with van der Waals surface area (Å²) in [6, 6.07) is 5.70. The summed E-state index contributed by atoms with van der Waals surface area (Å²) in [4.78, 5) is 14.2. The smallest absolute Gasteiger partial charge is 0.317 e. The number of carbonyl (C=O) groups excluding carboxylic acids is 1. The van der Waals surface area contributed by atoms with Crippen molar-refractivity contribution in [1.29, 1.82) is 0 Å². The molecule has 23 heavy (non-hydrogen) atoms. The third kappa shape index (κ3) is 3.78. The Kier molecular flexibility index (Phi) is 4.74. The lowest BCUT2D eigenvalue weighted by Crippen LogP contribution is -2.42. The molecule has 1 heterocycles. The third-order valence-corrected chi connectivity index (χ3v) is 4.55. The van der Waals surface area contributed by atoms with Gasteiger partial charge in [0, 0.05) is 19.6 Å². The molecular weight excluding hydrogens is 292 g/mol. The van der Waals surface area contributed by atoms with Crippen molar-refractivity contribution in [3.63, 3.8) is 0 Å². The van der Waals surface area contributed by atoms with Crippen molar-refractivity contribution in [2.75, 3.05) is 27.3 Å². The van der Waals surface area contributed by atoms with Crippen molar-refractivity contribution >= 4 is 6.03 Å². The van der Waals surface area contributed by atoms with Crippen LogP contribution in [0.15, 0.2) is 29.3 Å². The van der Waals surface area contributed by atoms with Crippen LogP contribution in [-0.4, -0.2) is 38.2 Å². The van der Waals surface area contributed by atoms with Gasteiger partial charge in [-0.2, -0.15) is 0 Å². The van der Waals surface area contributed by atoms with Crippen LogP contribution >= 0.6 is 0 Å². The van der Waals surface area contributed by atoms with Gasteiger partial charge < -0.3 is 19.7 Å². The fourth-order valence-electron chi connectivity index (χ4n) is 3.03. The minimum atomic E-state index is 0.0135. The van der Waals surface area contributed by atoms with Gasteiger partial charge in [-0.3, -0.25) is 0 Å². The quantitative estimate of drug-likeness (QED) is 0.869. The summed E-state index contributed by atoms with van der Waals surface area (Å²) in [5, 5.41) is 2.99. The number of hydrogen-bond acceptors (Lipinski definition) is 3. The van der Waals surface area contributed by atoms with Crippen molar-refractivity contribution in [2.24, 2.45) is 0 Å². The van der Waals surface area contributed by atoms with Gasteiger partial charge in [0.05, 0.1) is 14.2 Å². The van der Waals surface area contributed by atoms with Crippen LogP contribution in [0.1, 0.15) is 31.2 Å². The molecule has 0 spiro atoms. The maximum absolute atomic E-state index is 12.3. The SMILES string of the molecule is COc1ccc(CNC(=O)N2CCC(=C3CC3)CC2)cc1OC. The predicted molar refractivity (Wildman–Crippen MR) is 88.8 cm³/mol. The molecule has 1 aliphatic carbocycles. The molecule has 2 amide bonds. The van der Waals surface area contributed by atoms with Gasteiger partial charge in [0.2, 0.25) is 0 Å². The molecule has 0 aromatic heterocycles. The summed E-state index contributed by atoms with van der Waals surface area (Å²) in [5.41, 5.74) is 4.22. The van der Waals surface area contributed by atoms with Gasteiger partial charge in [0.25, 0.3) is 0 Å². The van der Waals surface area contributed by atoms with Crippen molar-refractivity contribution in [1.82, 2.24) is 10.2 Å². The number of carbonyl (C=O) groups is 1. The Morgan fingerprint density at radius 3 is 2.30 bits per heavy atom. The molecule has 1 aromatic carbocycles. The second kappa shape index (κ2) is 6.94. The number of methoxy groups -OCH3 is 2.